The minimum Gasteiger partial charge on any atom is -1.00 e. The Morgan fingerprint density at radius 2 is 1.95 bits per heavy atom. The van der Waals surface area contributed by atoms with Crippen molar-refractivity contribution in [1.29, 1.82) is 0 Å². The molecule has 0 N–H and O–H groups in total. The molecule has 1 heterocycles. The van der Waals surface area contributed by atoms with Crippen molar-refractivity contribution in [2.24, 2.45) is 5.92 Å². The Balaban J connectivity index is 0.000000309. The molecular formula is C14H17Cl2SSiZr. The van der Waals surface area contributed by atoms with Gasteiger partial charge < -0.3 is 24.8 Å². The van der Waals surface area contributed by atoms with Crippen LogP contribution in [0.25, 0.3) is 0 Å². The van der Waals surface area contributed by atoms with Crippen LogP contribution in [0.5, 0.6) is 0 Å². The van der Waals surface area contributed by atoms with Crippen LogP contribution in [-0.2, 0) is 22.4 Å². The summed E-state index contributed by atoms with van der Waals surface area (Å²) in [6.07, 6.45) is 16.9. The van der Waals surface area contributed by atoms with Crippen molar-refractivity contribution in [2.45, 2.75) is 19.5 Å². The Labute approximate surface area is 145 Å². The monoisotopic (exact) mass is 405 g/mol. The van der Waals surface area contributed by atoms with Gasteiger partial charge in [0.15, 0.2) is 0 Å². The average molecular weight is 408 g/mol. The van der Waals surface area contributed by atoms with E-state index in [-0.39, 0.29) is 53.1 Å². The van der Waals surface area contributed by atoms with Crippen molar-refractivity contribution in [3.63, 3.8) is 0 Å². The summed E-state index contributed by atoms with van der Waals surface area (Å²) in [7, 11) is 0. The molecule has 3 rings (SSSR count). The van der Waals surface area contributed by atoms with Gasteiger partial charge in [0.2, 0.25) is 0 Å². The molecule has 0 amide bonds. The summed E-state index contributed by atoms with van der Waals surface area (Å²) in [5.41, 5.74) is 0. The predicted molar refractivity (Wildman–Crippen MR) is 76.8 cm³/mol. The summed E-state index contributed by atoms with van der Waals surface area (Å²) >= 11 is 1.80. The molecule has 0 aromatic heterocycles. The molecule has 1 radical (unpaired) electrons. The van der Waals surface area contributed by atoms with Gasteiger partial charge in [0.25, 0.3) is 0 Å². The van der Waals surface area contributed by atoms with E-state index >= 15 is 0 Å². The Bertz CT molecular complexity index is 425. The zero-order chi connectivity index (χ0) is 12.1. The van der Waals surface area contributed by atoms with Crippen molar-refractivity contribution in [2.75, 3.05) is 0 Å². The molecule has 2 aliphatic carbocycles. The molecule has 0 bridgehead atoms. The Kier molecular flexibility index (Phi) is 10.9. The fourth-order valence-corrected chi connectivity index (χ4v) is 10.1. The van der Waals surface area contributed by atoms with Crippen LogP contribution in [0, 0.1) is 5.92 Å². The average Bonchev–Trinajstić information content (AvgIpc) is 2.91. The largest absolute Gasteiger partial charge is 1.00 e. The van der Waals surface area contributed by atoms with Crippen molar-refractivity contribution >= 4 is 17.7 Å². The molecule has 1 atom stereocenters. The van der Waals surface area contributed by atoms with Crippen molar-refractivity contribution in [1.82, 2.24) is 0 Å². The molecule has 0 aromatic rings. The molecule has 5 heteroatoms. The van der Waals surface area contributed by atoms with E-state index < -0.39 is 0 Å². The second-order valence-corrected chi connectivity index (χ2v) is 18.4. The normalized spacial score (nSPS) is 20.7. The van der Waals surface area contributed by atoms with Crippen LogP contribution >= 0.6 is 11.8 Å². The first kappa shape index (κ1) is 19.7. The van der Waals surface area contributed by atoms with Crippen LogP contribution in [0.4, 0.5) is 0 Å². The topological polar surface area (TPSA) is 0 Å². The number of hydrogen-bond acceptors (Lipinski definition) is 1. The summed E-state index contributed by atoms with van der Waals surface area (Å²) < 4.78 is 1.80. The number of allylic oxidation sites excluding steroid dienone is 9. The van der Waals surface area contributed by atoms with Crippen molar-refractivity contribution < 1.29 is 47.2 Å². The SMILES string of the molecule is C1=CC2C=CSC2=C1.C[Si](C)[Zr+2][C]1=CC=CC1.[Cl-].[Cl-]. The van der Waals surface area contributed by atoms with E-state index in [1.165, 1.54) is 11.3 Å². The smallest absolute Gasteiger partial charge is 1.00 e. The van der Waals surface area contributed by atoms with Crippen LogP contribution in [-0.4, -0.2) is 5.92 Å². The summed E-state index contributed by atoms with van der Waals surface area (Å²) in [4.78, 5) is 1.48. The molecule has 101 valence electrons. The van der Waals surface area contributed by atoms with Crippen LogP contribution in [0.15, 0.2) is 56.1 Å². The van der Waals surface area contributed by atoms with Gasteiger partial charge >= 0.3 is 69.3 Å². The predicted octanol–water partition coefficient (Wildman–Crippen LogP) is -1.51. The third-order valence-corrected chi connectivity index (χ3v) is 11.3. The molecule has 0 saturated heterocycles. The maximum atomic E-state index is 2.44. The van der Waals surface area contributed by atoms with E-state index in [4.69, 9.17) is 0 Å². The van der Waals surface area contributed by atoms with E-state index in [9.17, 15) is 0 Å². The second-order valence-electron chi connectivity index (χ2n) is 4.38. The van der Waals surface area contributed by atoms with Gasteiger partial charge in [0.1, 0.15) is 0 Å². The van der Waals surface area contributed by atoms with E-state index in [2.05, 4.69) is 61.0 Å². The third-order valence-electron chi connectivity index (χ3n) is 2.58. The van der Waals surface area contributed by atoms with Crippen LogP contribution in [0.2, 0.25) is 13.1 Å². The number of fused-ring (bicyclic) bond motifs is 1. The maximum absolute atomic E-state index is 2.44. The third kappa shape index (κ3) is 6.82. The summed E-state index contributed by atoms with van der Waals surface area (Å²) in [5, 5.41) is 2.15. The van der Waals surface area contributed by atoms with E-state index in [0.717, 1.165) is 0 Å². The second kappa shape index (κ2) is 10.5. The van der Waals surface area contributed by atoms with Crippen molar-refractivity contribution in [3.05, 3.63) is 56.1 Å². The summed E-state index contributed by atoms with van der Waals surface area (Å²) in [5.74, 6) is 0.783. The first-order valence-corrected chi connectivity index (χ1v) is 14.2. The Morgan fingerprint density at radius 1 is 1.16 bits per heavy atom. The first-order valence-electron chi connectivity index (χ1n) is 5.90. The van der Waals surface area contributed by atoms with Gasteiger partial charge in [0, 0.05) is 5.92 Å². The van der Waals surface area contributed by atoms with E-state index in [1.807, 2.05) is 11.8 Å². The molecular weight excluding hydrogens is 390 g/mol. The molecule has 0 aromatic carbocycles. The van der Waals surface area contributed by atoms with Crippen LogP contribution in [0.1, 0.15) is 6.42 Å². The zero-order valence-corrected chi connectivity index (χ0v) is 16.9. The maximum Gasteiger partial charge on any atom is -1.00 e. The molecule has 0 saturated carbocycles. The van der Waals surface area contributed by atoms with Gasteiger partial charge in [-0.05, 0) is 10.3 Å². The van der Waals surface area contributed by atoms with Crippen LogP contribution < -0.4 is 24.8 Å². The van der Waals surface area contributed by atoms with Gasteiger partial charge in [0.05, 0.1) is 0 Å². The van der Waals surface area contributed by atoms with Crippen LogP contribution in [0.3, 0.4) is 0 Å². The number of rotatable bonds is 2. The van der Waals surface area contributed by atoms with Gasteiger partial charge in [-0.15, -0.1) is 11.8 Å². The first-order chi connectivity index (χ1) is 8.25. The molecule has 0 spiro atoms. The van der Waals surface area contributed by atoms with E-state index in [1.54, 1.807) is 3.28 Å². The molecule has 0 nitrogen and oxygen atoms in total. The fourth-order valence-electron chi connectivity index (χ4n) is 1.82. The van der Waals surface area contributed by atoms with E-state index in [0.29, 0.717) is 5.92 Å². The van der Waals surface area contributed by atoms with Gasteiger partial charge in [-0.3, -0.25) is 0 Å². The Hall–Kier alpha value is 0.730. The van der Waals surface area contributed by atoms with Crippen molar-refractivity contribution in [3.8, 4) is 0 Å². The Morgan fingerprint density at radius 3 is 2.53 bits per heavy atom. The minimum atomic E-state index is -0.0345. The summed E-state index contributed by atoms with van der Waals surface area (Å²) in [6.45, 7) is 4.88. The molecule has 19 heavy (non-hydrogen) atoms. The molecule has 1 unspecified atom stereocenters. The zero-order valence-electron chi connectivity index (χ0n) is 11.1. The van der Waals surface area contributed by atoms with Gasteiger partial charge in [-0.1, -0.05) is 24.3 Å². The molecule has 3 aliphatic rings. The van der Waals surface area contributed by atoms with Gasteiger partial charge in [-0.25, -0.2) is 0 Å². The number of thioether (sulfide) groups is 1. The summed E-state index contributed by atoms with van der Waals surface area (Å²) in [6, 6.07) is 0. The molecule has 1 aliphatic heterocycles. The standard InChI is InChI=1S/C7H6S.C5H5.C2H6Si.2ClH.Zr/c1-2-6-4-5-8-7(6)3-1;1-2-4-5-3-1;1-3-2;;;/h1-6H;1-3H,4H2;1-2H3;2*1H;/q;;;;;+2/p-2. The number of halogens is 2. The quantitative estimate of drug-likeness (QED) is 0.502. The number of hydrogen-bond donors (Lipinski definition) is 0. The van der Waals surface area contributed by atoms with Gasteiger partial charge in [-0.2, -0.15) is 0 Å². The minimum absolute atomic E-state index is 0. The molecule has 0 fully saturated rings. The fraction of sp³-hybridized carbons (Fsp3) is 0.286.